The fourth-order valence-electron chi connectivity index (χ4n) is 1.45. The molecule has 0 radical (unpaired) electrons. The van der Waals surface area contributed by atoms with Crippen molar-refractivity contribution >= 4 is 8.32 Å². The highest BCUT2D eigenvalue weighted by atomic mass is 28.4. The molecular formula is C13H19NOSi. The van der Waals surface area contributed by atoms with E-state index in [9.17, 15) is 0 Å². The molecule has 0 atom stereocenters. The standard InChI is InChI=1S/C13H19NOSi/c1-16(2,3)15-9-5-8-12-6-4-7-13(10-12)11-14/h4,6-7,10H,5,8-9H2,1-3H3. The molecule has 0 spiro atoms. The van der Waals surface area contributed by atoms with Crippen molar-refractivity contribution in [1.82, 2.24) is 0 Å². The van der Waals surface area contributed by atoms with Gasteiger partial charge in [-0.2, -0.15) is 5.26 Å². The zero-order valence-corrected chi connectivity index (χ0v) is 11.3. The molecule has 0 unspecified atom stereocenters. The minimum absolute atomic E-state index is 0.739. The van der Waals surface area contributed by atoms with Crippen molar-refractivity contribution in [2.24, 2.45) is 0 Å². The predicted octanol–water partition coefficient (Wildman–Crippen LogP) is 3.34. The molecule has 16 heavy (non-hydrogen) atoms. The fraction of sp³-hybridized carbons (Fsp3) is 0.462. The van der Waals surface area contributed by atoms with Gasteiger partial charge in [0.15, 0.2) is 8.32 Å². The summed E-state index contributed by atoms with van der Waals surface area (Å²) in [7, 11) is -1.37. The average molecular weight is 233 g/mol. The molecule has 0 aromatic heterocycles. The lowest BCUT2D eigenvalue weighted by Crippen LogP contribution is -2.25. The molecule has 2 nitrogen and oxygen atoms in total. The number of hydrogen-bond donors (Lipinski definition) is 0. The van der Waals surface area contributed by atoms with Gasteiger partial charge in [0.2, 0.25) is 0 Å². The minimum atomic E-state index is -1.37. The van der Waals surface area contributed by atoms with Gasteiger partial charge in [-0.1, -0.05) is 12.1 Å². The predicted molar refractivity (Wildman–Crippen MR) is 68.8 cm³/mol. The van der Waals surface area contributed by atoms with E-state index in [0.717, 1.165) is 25.0 Å². The van der Waals surface area contributed by atoms with E-state index < -0.39 is 8.32 Å². The summed E-state index contributed by atoms with van der Waals surface area (Å²) in [5.41, 5.74) is 1.96. The van der Waals surface area contributed by atoms with Crippen molar-refractivity contribution < 1.29 is 4.43 Å². The summed E-state index contributed by atoms with van der Waals surface area (Å²) in [6, 6.07) is 9.95. The Morgan fingerprint density at radius 2 is 2.06 bits per heavy atom. The molecule has 3 heteroatoms. The lowest BCUT2D eigenvalue weighted by atomic mass is 10.1. The van der Waals surface area contributed by atoms with Gasteiger partial charge in [-0.25, -0.2) is 0 Å². The lowest BCUT2D eigenvalue weighted by molar-refractivity contribution is 0.305. The van der Waals surface area contributed by atoms with Crippen molar-refractivity contribution in [3.8, 4) is 6.07 Å². The Morgan fingerprint density at radius 3 is 2.69 bits per heavy atom. The molecule has 0 aliphatic rings. The van der Waals surface area contributed by atoms with E-state index in [1.54, 1.807) is 0 Å². The summed E-state index contributed by atoms with van der Waals surface area (Å²) >= 11 is 0. The molecular weight excluding hydrogens is 214 g/mol. The van der Waals surface area contributed by atoms with Crippen molar-refractivity contribution in [3.05, 3.63) is 35.4 Å². The number of hydrogen-bond acceptors (Lipinski definition) is 2. The van der Waals surface area contributed by atoms with Gasteiger partial charge >= 0.3 is 0 Å². The summed E-state index contributed by atoms with van der Waals surface area (Å²) in [5, 5.41) is 8.77. The number of benzene rings is 1. The van der Waals surface area contributed by atoms with Gasteiger partial charge in [0.25, 0.3) is 0 Å². The largest absolute Gasteiger partial charge is 0.418 e. The van der Waals surface area contributed by atoms with Gasteiger partial charge < -0.3 is 4.43 Å². The maximum atomic E-state index is 8.77. The van der Waals surface area contributed by atoms with Crippen molar-refractivity contribution in [1.29, 1.82) is 5.26 Å². The zero-order chi connectivity index (χ0) is 12.0. The molecule has 0 saturated heterocycles. The van der Waals surface area contributed by atoms with Crippen LogP contribution in [0.15, 0.2) is 24.3 Å². The van der Waals surface area contributed by atoms with E-state index >= 15 is 0 Å². The van der Waals surface area contributed by atoms with Crippen LogP contribution in [0, 0.1) is 11.3 Å². The zero-order valence-electron chi connectivity index (χ0n) is 10.3. The van der Waals surface area contributed by atoms with Gasteiger partial charge in [0.05, 0.1) is 11.6 Å². The number of nitrogens with zero attached hydrogens (tertiary/aromatic N) is 1. The van der Waals surface area contributed by atoms with Crippen LogP contribution >= 0.6 is 0 Å². The van der Waals surface area contributed by atoms with Gasteiger partial charge in [-0.3, -0.25) is 0 Å². The van der Waals surface area contributed by atoms with Crippen LogP contribution in [-0.2, 0) is 10.8 Å². The first-order valence-electron chi connectivity index (χ1n) is 5.64. The average Bonchev–Trinajstić information content (AvgIpc) is 2.23. The maximum Gasteiger partial charge on any atom is 0.183 e. The van der Waals surface area contributed by atoms with Crippen LogP contribution in [0.1, 0.15) is 17.5 Å². The highest BCUT2D eigenvalue weighted by molar-refractivity contribution is 6.69. The van der Waals surface area contributed by atoms with Gasteiger partial charge in [0, 0.05) is 6.61 Å². The smallest absolute Gasteiger partial charge is 0.183 e. The third-order valence-electron chi connectivity index (χ3n) is 2.20. The van der Waals surface area contributed by atoms with Crippen LogP contribution in [-0.4, -0.2) is 14.9 Å². The molecule has 0 saturated carbocycles. The summed E-state index contributed by atoms with van der Waals surface area (Å²) in [6.45, 7) is 7.42. The van der Waals surface area contributed by atoms with Crippen molar-refractivity contribution in [3.63, 3.8) is 0 Å². The molecule has 0 bridgehead atoms. The molecule has 0 fully saturated rings. The van der Waals surface area contributed by atoms with Crippen LogP contribution in [0.25, 0.3) is 0 Å². The van der Waals surface area contributed by atoms with Crippen molar-refractivity contribution in [2.75, 3.05) is 6.61 Å². The molecule has 0 heterocycles. The van der Waals surface area contributed by atoms with E-state index in [-0.39, 0.29) is 0 Å². The molecule has 0 N–H and O–H groups in total. The normalized spacial score (nSPS) is 11.1. The van der Waals surface area contributed by atoms with E-state index in [0.29, 0.717) is 0 Å². The third kappa shape index (κ3) is 5.10. The van der Waals surface area contributed by atoms with Gasteiger partial charge in [-0.15, -0.1) is 0 Å². The van der Waals surface area contributed by atoms with Crippen molar-refractivity contribution in [2.45, 2.75) is 32.5 Å². The highest BCUT2D eigenvalue weighted by Crippen LogP contribution is 2.08. The molecule has 1 aromatic carbocycles. The lowest BCUT2D eigenvalue weighted by Gasteiger charge is -2.16. The van der Waals surface area contributed by atoms with Gasteiger partial charge in [-0.05, 0) is 50.2 Å². The number of rotatable bonds is 5. The first-order chi connectivity index (χ1) is 7.51. The Bertz CT molecular complexity index is 376. The van der Waals surface area contributed by atoms with E-state index in [1.165, 1.54) is 5.56 Å². The van der Waals surface area contributed by atoms with E-state index in [4.69, 9.17) is 9.69 Å². The maximum absolute atomic E-state index is 8.77. The van der Waals surface area contributed by atoms with Crippen LogP contribution in [0.3, 0.4) is 0 Å². The first-order valence-corrected chi connectivity index (χ1v) is 9.05. The number of nitriles is 1. The monoisotopic (exact) mass is 233 g/mol. The minimum Gasteiger partial charge on any atom is -0.418 e. The summed E-state index contributed by atoms with van der Waals surface area (Å²) in [5.74, 6) is 0. The topological polar surface area (TPSA) is 33.0 Å². The molecule has 0 aliphatic heterocycles. The first kappa shape index (κ1) is 13.0. The highest BCUT2D eigenvalue weighted by Gasteiger charge is 2.12. The molecule has 0 aliphatic carbocycles. The van der Waals surface area contributed by atoms with E-state index in [1.807, 2.05) is 18.2 Å². The summed E-state index contributed by atoms with van der Waals surface area (Å²) in [4.78, 5) is 0. The fourth-order valence-corrected chi connectivity index (χ4v) is 2.21. The van der Waals surface area contributed by atoms with Gasteiger partial charge in [0.1, 0.15) is 0 Å². The van der Waals surface area contributed by atoms with Crippen LogP contribution < -0.4 is 0 Å². The molecule has 1 rings (SSSR count). The van der Waals surface area contributed by atoms with Crippen LogP contribution in [0.5, 0.6) is 0 Å². The van der Waals surface area contributed by atoms with Crippen LogP contribution in [0.2, 0.25) is 19.6 Å². The Morgan fingerprint density at radius 1 is 1.31 bits per heavy atom. The second kappa shape index (κ2) is 5.83. The van der Waals surface area contributed by atoms with E-state index in [2.05, 4.69) is 31.8 Å². The Kier molecular flexibility index (Phi) is 4.72. The third-order valence-corrected chi connectivity index (χ3v) is 3.27. The molecule has 1 aromatic rings. The quantitative estimate of drug-likeness (QED) is 0.577. The SMILES string of the molecule is C[Si](C)(C)OCCCc1cccc(C#N)c1. The summed E-state index contributed by atoms with van der Waals surface area (Å²) < 4.78 is 5.78. The molecule has 0 amide bonds. The Hall–Kier alpha value is -1.11. The second-order valence-electron chi connectivity index (χ2n) is 4.88. The Balaban J connectivity index is 2.35. The molecule has 86 valence electrons. The summed E-state index contributed by atoms with van der Waals surface area (Å²) in [6.07, 6.45) is 2.01. The Labute approximate surface area is 99.0 Å². The number of aryl methyl sites for hydroxylation is 1. The van der Waals surface area contributed by atoms with Crippen LogP contribution in [0.4, 0.5) is 0 Å². The second-order valence-corrected chi connectivity index (χ2v) is 9.39.